The number of aliphatic hydroxyl groups excluding tert-OH is 3. The van der Waals surface area contributed by atoms with Crippen LogP contribution >= 0.6 is 0 Å². The third kappa shape index (κ3) is 2.04. The minimum Gasteiger partial charge on any atom is -0.393 e. The number of fused-ring (bicyclic) bond motifs is 5. The summed E-state index contributed by atoms with van der Waals surface area (Å²) in [6, 6.07) is 0. The van der Waals surface area contributed by atoms with Gasteiger partial charge < -0.3 is 15.3 Å². The lowest BCUT2D eigenvalue weighted by molar-refractivity contribution is -0.0973. The number of hydrogen-bond acceptors (Lipinski definition) is 3. The van der Waals surface area contributed by atoms with Crippen LogP contribution in [0.25, 0.3) is 0 Å². The topological polar surface area (TPSA) is 60.7 Å². The Hall–Kier alpha value is -0.120. The molecule has 4 saturated carbocycles. The van der Waals surface area contributed by atoms with E-state index in [2.05, 4.69) is 6.92 Å². The van der Waals surface area contributed by atoms with Crippen molar-refractivity contribution in [1.29, 1.82) is 0 Å². The van der Waals surface area contributed by atoms with Crippen molar-refractivity contribution in [1.82, 2.24) is 0 Å². The molecule has 0 saturated heterocycles. The van der Waals surface area contributed by atoms with Crippen LogP contribution in [0.3, 0.4) is 0 Å². The van der Waals surface area contributed by atoms with Gasteiger partial charge in [0, 0.05) is 0 Å². The maximum atomic E-state index is 10.4. The van der Waals surface area contributed by atoms with Crippen LogP contribution in [-0.2, 0) is 0 Å². The van der Waals surface area contributed by atoms with Gasteiger partial charge >= 0.3 is 0 Å². The van der Waals surface area contributed by atoms with Gasteiger partial charge in [-0.25, -0.2) is 0 Å². The van der Waals surface area contributed by atoms with Crippen LogP contribution < -0.4 is 0 Å². The number of hydrogen-bond donors (Lipinski definition) is 3. The average Bonchev–Trinajstić information content (AvgIpc) is 2.70. The van der Waals surface area contributed by atoms with Crippen molar-refractivity contribution in [2.75, 3.05) is 0 Å². The summed E-state index contributed by atoms with van der Waals surface area (Å²) in [5.74, 6) is 3.52. The van der Waals surface area contributed by atoms with Gasteiger partial charge in [-0.3, -0.25) is 0 Å². The monoisotopic (exact) mass is 294 g/mol. The van der Waals surface area contributed by atoms with Gasteiger partial charge in [0.2, 0.25) is 0 Å². The molecule has 120 valence electrons. The first-order valence-corrected chi connectivity index (χ1v) is 9.05. The van der Waals surface area contributed by atoms with Crippen LogP contribution in [0.15, 0.2) is 0 Å². The van der Waals surface area contributed by atoms with Crippen molar-refractivity contribution < 1.29 is 15.3 Å². The summed E-state index contributed by atoms with van der Waals surface area (Å²) >= 11 is 0. The van der Waals surface area contributed by atoms with E-state index in [9.17, 15) is 15.3 Å². The van der Waals surface area contributed by atoms with E-state index < -0.39 is 12.2 Å². The van der Waals surface area contributed by atoms with Crippen LogP contribution in [0.1, 0.15) is 58.3 Å². The van der Waals surface area contributed by atoms with E-state index in [0.717, 1.165) is 43.4 Å². The van der Waals surface area contributed by atoms with Crippen molar-refractivity contribution in [2.45, 2.75) is 76.6 Å². The third-order valence-corrected chi connectivity index (χ3v) is 7.90. The highest BCUT2D eigenvalue weighted by Gasteiger charge is 2.59. The second-order valence-electron chi connectivity index (χ2n) is 8.69. The summed E-state index contributed by atoms with van der Waals surface area (Å²) in [5.41, 5.74) is -0.0540. The van der Waals surface area contributed by atoms with Gasteiger partial charge in [-0.2, -0.15) is 0 Å². The minimum atomic E-state index is -0.519. The summed E-state index contributed by atoms with van der Waals surface area (Å²) in [4.78, 5) is 0. The zero-order valence-electron chi connectivity index (χ0n) is 13.1. The van der Waals surface area contributed by atoms with Crippen molar-refractivity contribution >= 4 is 0 Å². The van der Waals surface area contributed by atoms with E-state index in [1.165, 1.54) is 25.7 Å². The van der Waals surface area contributed by atoms with E-state index >= 15 is 0 Å². The molecular formula is C18H30O3. The Bertz CT molecular complexity index is 411. The van der Waals surface area contributed by atoms with Gasteiger partial charge in [-0.1, -0.05) is 6.92 Å². The molecule has 4 fully saturated rings. The molecule has 4 aliphatic rings. The van der Waals surface area contributed by atoms with Crippen LogP contribution in [-0.4, -0.2) is 33.6 Å². The first-order valence-electron chi connectivity index (χ1n) is 9.05. The van der Waals surface area contributed by atoms with Crippen molar-refractivity contribution in [3.05, 3.63) is 0 Å². The lowest BCUT2D eigenvalue weighted by Crippen LogP contribution is -2.50. The first-order chi connectivity index (χ1) is 10.0. The van der Waals surface area contributed by atoms with Gasteiger partial charge in [0.05, 0.1) is 18.3 Å². The second-order valence-corrected chi connectivity index (χ2v) is 8.69. The van der Waals surface area contributed by atoms with Gasteiger partial charge in [0.1, 0.15) is 0 Å². The fourth-order valence-electron chi connectivity index (χ4n) is 6.82. The zero-order chi connectivity index (χ0) is 14.8. The molecule has 0 amide bonds. The molecule has 3 heteroatoms. The number of rotatable bonds is 0. The van der Waals surface area contributed by atoms with E-state index in [1.807, 2.05) is 0 Å². The molecular weight excluding hydrogens is 264 g/mol. The van der Waals surface area contributed by atoms with Crippen molar-refractivity contribution in [2.24, 2.45) is 35.0 Å². The lowest BCUT2D eigenvalue weighted by atomic mass is 9.50. The Labute approximate surface area is 127 Å². The standard InChI is InChI=1S/C18H30O3/c1-18-7-6-13-12-5-3-11(19)8-10(12)2-4-14(13)15(18)9-16(20)17(18)21/h10-17,19-21H,2-9H2,1H3/t10-,11+,12?,13-,14-,15+,16-,17+,18+/m1/s1. The number of aliphatic hydroxyl groups is 3. The predicted octanol–water partition coefficient (Wildman–Crippen LogP) is 2.33. The Morgan fingerprint density at radius 1 is 0.810 bits per heavy atom. The van der Waals surface area contributed by atoms with E-state index in [4.69, 9.17) is 0 Å². The van der Waals surface area contributed by atoms with E-state index in [-0.39, 0.29) is 11.5 Å². The first kappa shape index (κ1) is 14.5. The average molecular weight is 294 g/mol. The molecule has 9 atom stereocenters. The van der Waals surface area contributed by atoms with E-state index in [0.29, 0.717) is 11.8 Å². The molecule has 3 nitrogen and oxygen atoms in total. The summed E-state index contributed by atoms with van der Waals surface area (Å²) in [7, 11) is 0. The van der Waals surface area contributed by atoms with E-state index in [1.54, 1.807) is 0 Å². The molecule has 0 heterocycles. The Balaban J connectivity index is 1.58. The highest BCUT2D eigenvalue weighted by molar-refractivity contribution is 5.08. The van der Waals surface area contributed by atoms with Crippen molar-refractivity contribution in [3.8, 4) is 0 Å². The molecule has 4 rings (SSSR count). The summed E-state index contributed by atoms with van der Waals surface area (Å²) in [6.07, 6.45) is 7.70. The normalized spacial score (nSPS) is 60.0. The van der Waals surface area contributed by atoms with Gasteiger partial charge in [0.25, 0.3) is 0 Å². The fourth-order valence-corrected chi connectivity index (χ4v) is 6.82. The quantitative estimate of drug-likeness (QED) is 0.642. The Kier molecular flexibility index (Phi) is 3.40. The SMILES string of the molecule is C[C@]12CC[C@@H]3C4CC[C@H](O)C[C@H]4CC[C@H]3[C@@H]1C[C@@H](O)[C@@H]2O. The molecule has 0 aromatic carbocycles. The van der Waals surface area contributed by atoms with Gasteiger partial charge in [-0.15, -0.1) is 0 Å². The Morgan fingerprint density at radius 3 is 2.38 bits per heavy atom. The molecule has 0 radical (unpaired) electrons. The molecule has 1 unspecified atom stereocenters. The molecule has 0 spiro atoms. The molecule has 0 aliphatic heterocycles. The molecule has 0 aromatic rings. The lowest BCUT2D eigenvalue weighted by Gasteiger charge is -2.55. The highest BCUT2D eigenvalue weighted by atomic mass is 16.3. The third-order valence-electron chi connectivity index (χ3n) is 7.90. The molecule has 21 heavy (non-hydrogen) atoms. The van der Waals surface area contributed by atoms with Crippen LogP contribution in [0.4, 0.5) is 0 Å². The van der Waals surface area contributed by atoms with Crippen molar-refractivity contribution in [3.63, 3.8) is 0 Å². The predicted molar refractivity (Wildman–Crippen MR) is 80.5 cm³/mol. The summed E-state index contributed by atoms with van der Waals surface area (Å²) in [5, 5.41) is 30.5. The molecule has 0 aromatic heterocycles. The maximum Gasteiger partial charge on any atom is 0.0855 e. The summed E-state index contributed by atoms with van der Waals surface area (Å²) in [6.45, 7) is 2.21. The largest absolute Gasteiger partial charge is 0.393 e. The fraction of sp³-hybridized carbons (Fsp3) is 1.00. The smallest absolute Gasteiger partial charge is 0.0855 e. The Morgan fingerprint density at radius 2 is 1.57 bits per heavy atom. The molecule has 0 bridgehead atoms. The maximum absolute atomic E-state index is 10.4. The van der Waals surface area contributed by atoms with Crippen LogP contribution in [0.5, 0.6) is 0 Å². The van der Waals surface area contributed by atoms with Crippen LogP contribution in [0.2, 0.25) is 0 Å². The molecule has 3 N–H and O–H groups in total. The van der Waals surface area contributed by atoms with Gasteiger partial charge in [-0.05, 0) is 86.4 Å². The summed E-state index contributed by atoms with van der Waals surface area (Å²) < 4.78 is 0. The molecule has 4 aliphatic carbocycles. The zero-order valence-corrected chi connectivity index (χ0v) is 13.1. The minimum absolute atomic E-state index is 0.0540. The van der Waals surface area contributed by atoms with Crippen LogP contribution in [0, 0.1) is 35.0 Å². The highest BCUT2D eigenvalue weighted by Crippen LogP contribution is 2.62. The second kappa shape index (κ2) is 4.94. The van der Waals surface area contributed by atoms with Gasteiger partial charge in [0.15, 0.2) is 0 Å².